The second-order valence-electron chi connectivity index (χ2n) is 4.90. The predicted molar refractivity (Wildman–Crippen MR) is 78.6 cm³/mol. The summed E-state index contributed by atoms with van der Waals surface area (Å²) in [7, 11) is 0. The van der Waals surface area contributed by atoms with Gasteiger partial charge in [-0.1, -0.05) is 37.1 Å². The molecule has 21 heavy (non-hydrogen) atoms. The third kappa shape index (κ3) is 3.81. The summed E-state index contributed by atoms with van der Waals surface area (Å²) in [4.78, 5) is 11.9. The van der Waals surface area contributed by atoms with E-state index < -0.39 is 6.04 Å². The molecule has 0 bridgehead atoms. The summed E-state index contributed by atoms with van der Waals surface area (Å²) in [5.41, 5.74) is 0.829. The maximum atomic E-state index is 11.9. The fraction of sp³-hybridized carbons (Fsp3) is 0.400. The first kappa shape index (κ1) is 15.0. The van der Waals surface area contributed by atoms with Crippen LogP contribution in [0.1, 0.15) is 20.8 Å². The van der Waals surface area contributed by atoms with Crippen LogP contribution in [0.15, 0.2) is 34.7 Å². The van der Waals surface area contributed by atoms with Crippen molar-refractivity contribution in [2.75, 3.05) is 11.9 Å². The van der Waals surface area contributed by atoms with Gasteiger partial charge < -0.3 is 14.5 Å². The van der Waals surface area contributed by atoms with E-state index in [9.17, 15) is 4.79 Å². The normalized spacial score (nSPS) is 12.2. The number of benzene rings is 1. The minimum atomic E-state index is -0.519. The van der Waals surface area contributed by atoms with Crippen LogP contribution in [0.25, 0.3) is 11.5 Å². The fourth-order valence-corrected chi connectivity index (χ4v) is 1.84. The maximum Gasteiger partial charge on any atom is 0.328 e. The monoisotopic (exact) mass is 289 g/mol. The Labute approximate surface area is 123 Å². The first-order valence-electron chi connectivity index (χ1n) is 6.94. The molecule has 0 amide bonds. The van der Waals surface area contributed by atoms with Gasteiger partial charge in [0, 0.05) is 5.56 Å². The molecule has 0 saturated heterocycles. The number of esters is 1. The Morgan fingerprint density at radius 2 is 2.00 bits per heavy atom. The number of nitrogens with one attached hydrogen (secondary N) is 1. The highest BCUT2D eigenvalue weighted by atomic mass is 16.5. The quantitative estimate of drug-likeness (QED) is 0.824. The van der Waals surface area contributed by atoms with Crippen LogP contribution < -0.4 is 5.32 Å². The van der Waals surface area contributed by atoms with Crippen LogP contribution >= 0.6 is 0 Å². The molecule has 1 aromatic carbocycles. The van der Waals surface area contributed by atoms with E-state index in [1.807, 2.05) is 44.2 Å². The smallest absolute Gasteiger partial charge is 0.328 e. The molecule has 6 nitrogen and oxygen atoms in total. The van der Waals surface area contributed by atoms with Crippen molar-refractivity contribution in [2.24, 2.45) is 5.92 Å². The number of carbonyl (C=O) groups is 1. The molecule has 1 heterocycles. The largest absolute Gasteiger partial charge is 0.464 e. The Kier molecular flexibility index (Phi) is 4.92. The molecular weight excluding hydrogens is 270 g/mol. The van der Waals surface area contributed by atoms with E-state index in [2.05, 4.69) is 15.5 Å². The van der Waals surface area contributed by atoms with Crippen LogP contribution in [0.4, 0.5) is 6.01 Å². The van der Waals surface area contributed by atoms with Crippen molar-refractivity contribution in [1.29, 1.82) is 0 Å². The van der Waals surface area contributed by atoms with E-state index in [-0.39, 0.29) is 17.9 Å². The van der Waals surface area contributed by atoms with E-state index in [1.165, 1.54) is 0 Å². The molecule has 0 aliphatic carbocycles. The molecule has 2 aromatic rings. The number of rotatable bonds is 6. The van der Waals surface area contributed by atoms with Gasteiger partial charge >= 0.3 is 12.0 Å². The average molecular weight is 289 g/mol. The summed E-state index contributed by atoms with van der Waals surface area (Å²) >= 11 is 0. The topological polar surface area (TPSA) is 77.2 Å². The zero-order valence-electron chi connectivity index (χ0n) is 12.4. The average Bonchev–Trinajstić information content (AvgIpc) is 2.94. The van der Waals surface area contributed by atoms with Crippen molar-refractivity contribution in [3.8, 4) is 11.5 Å². The van der Waals surface area contributed by atoms with Crippen LogP contribution in [0, 0.1) is 5.92 Å². The second kappa shape index (κ2) is 6.88. The van der Waals surface area contributed by atoms with E-state index >= 15 is 0 Å². The van der Waals surface area contributed by atoms with E-state index in [1.54, 1.807) is 6.92 Å². The third-order valence-electron chi connectivity index (χ3n) is 2.93. The second-order valence-corrected chi connectivity index (χ2v) is 4.90. The molecule has 1 aromatic heterocycles. The Balaban J connectivity index is 2.12. The molecule has 1 unspecified atom stereocenters. The Morgan fingerprint density at radius 3 is 2.62 bits per heavy atom. The van der Waals surface area contributed by atoms with E-state index in [4.69, 9.17) is 9.15 Å². The van der Waals surface area contributed by atoms with Crippen LogP contribution in [0.5, 0.6) is 0 Å². The molecule has 1 N–H and O–H groups in total. The lowest BCUT2D eigenvalue weighted by atomic mass is 10.1. The number of hydrogen-bond acceptors (Lipinski definition) is 6. The number of carbonyl (C=O) groups excluding carboxylic acids is 1. The standard InChI is InChI=1S/C15H19N3O3/c1-4-20-14(19)12(10(2)3)16-15-18-17-13(21-15)11-8-6-5-7-9-11/h5-10,12H,4H2,1-3H3,(H,16,18). The van der Waals surface area contributed by atoms with Gasteiger partial charge in [-0.3, -0.25) is 0 Å². The number of anilines is 1. The van der Waals surface area contributed by atoms with Gasteiger partial charge in [0.2, 0.25) is 5.89 Å². The van der Waals surface area contributed by atoms with E-state index in [0.29, 0.717) is 12.5 Å². The zero-order valence-corrected chi connectivity index (χ0v) is 12.4. The number of hydrogen-bond donors (Lipinski definition) is 1. The molecule has 1 atom stereocenters. The first-order valence-corrected chi connectivity index (χ1v) is 6.94. The van der Waals surface area contributed by atoms with Gasteiger partial charge in [-0.15, -0.1) is 5.10 Å². The molecule has 0 aliphatic rings. The lowest BCUT2D eigenvalue weighted by Crippen LogP contribution is -2.36. The summed E-state index contributed by atoms with van der Waals surface area (Å²) in [5, 5.41) is 10.8. The number of aromatic nitrogens is 2. The maximum absolute atomic E-state index is 11.9. The molecule has 112 valence electrons. The molecule has 2 rings (SSSR count). The summed E-state index contributed by atoms with van der Waals surface area (Å²) in [6.45, 7) is 5.95. The van der Waals surface area contributed by atoms with Crippen molar-refractivity contribution >= 4 is 12.0 Å². The molecule has 0 spiro atoms. The number of nitrogens with zero attached hydrogens (tertiary/aromatic N) is 2. The third-order valence-corrected chi connectivity index (χ3v) is 2.93. The van der Waals surface area contributed by atoms with Crippen LogP contribution in [0.2, 0.25) is 0 Å². The molecule has 0 fully saturated rings. The first-order chi connectivity index (χ1) is 10.1. The number of ether oxygens (including phenoxy) is 1. The van der Waals surface area contributed by atoms with Crippen molar-refractivity contribution in [1.82, 2.24) is 10.2 Å². The predicted octanol–water partition coefficient (Wildman–Crippen LogP) is 2.74. The zero-order chi connectivity index (χ0) is 15.2. The van der Waals surface area contributed by atoms with Gasteiger partial charge in [0.1, 0.15) is 6.04 Å². The van der Waals surface area contributed by atoms with Crippen LogP contribution in [-0.2, 0) is 9.53 Å². The van der Waals surface area contributed by atoms with Crippen molar-refractivity contribution in [2.45, 2.75) is 26.8 Å². The molecule has 0 saturated carbocycles. The van der Waals surface area contributed by atoms with Crippen LogP contribution in [-0.4, -0.2) is 28.8 Å². The molecule has 0 aliphatic heterocycles. The van der Waals surface area contributed by atoms with Gasteiger partial charge in [-0.25, -0.2) is 4.79 Å². The Bertz CT molecular complexity index is 581. The van der Waals surface area contributed by atoms with Gasteiger partial charge in [-0.05, 0) is 25.0 Å². The fourth-order valence-electron chi connectivity index (χ4n) is 1.84. The lowest BCUT2D eigenvalue weighted by Gasteiger charge is -2.18. The summed E-state index contributed by atoms with van der Waals surface area (Å²) in [5.74, 6) is 0.118. The van der Waals surface area contributed by atoms with Gasteiger partial charge in [0.25, 0.3) is 0 Å². The van der Waals surface area contributed by atoms with E-state index in [0.717, 1.165) is 5.56 Å². The van der Waals surface area contributed by atoms with Gasteiger partial charge in [-0.2, -0.15) is 0 Å². The highest BCUT2D eigenvalue weighted by molar-refractivity contribution is 5.78. The minimum Gasteiger partial charge on any atom is -0.464 e. The highest BCUT2D eigenvalue weighted by Crippen LogP contribution is 2.20. The van der Waals surface area contributed by atoms with Crippen molar-refractivity contribution < 1.29 is 13.9 Å². The summed E-state index contributed by atoms with van der Waals surface area (Å²) in [6.07, 6.45) is 0. The SMILES string of the molecule is CCOC(=O)C(Nc1nnc(-c2ccccc2)o1)C(C)C. The van der Waals surface area contributed by atoms with Gasteiger partial charge in [0.05, 0.1) is 6.61 Å². The Hall–Kier alpha value is -2.37. The van der Waals surface area contributed by atoms with Gasteiger partial charge in [0.15, 0.2) is 0 Å². The van der Waals surface area contributed by atoms with Crippen molar-refractivity contribution in [3.05, 3.63) is 30.3 Å². The lowest BCUT2D eigenvalue weighted by molar-refractivity contribution is -0.145. The molecule has 6 heteroatoms. The highest BCUT2D eigenvalue weighted by Gasteiger charge is 2.25. The Morgan fingerprint density at radius 1 is 1.29 bits per heavy atom. The van der Waals surface area contributed by atoms with Crippen molar-refractivity contribution in [3.63, 3.8) is 0 Å². The summed E-state index contributed by atoms with van der Waals surface area (Å²) in [6, 6.07) is 9.14. The van der Waals surface area contributed by atoms with Crippen LogP contribution in [0.3, 0.4) is 0 Å². The molecular formula is C15H19N3O3. The summed E-state index contributed by atoms with van der Waals surface area (Å²) < 4.78 is 10.6. The molecule has 0 radical (unpaired) electrons. The minimum absolute atomic E-state index is 0.0381.